The van der Waals surface area contributed by atoms with Gasteiger partial charge in [0.15, 0.2) is 0 Å². The minimum absolute atomic E-state index is 0.0732. The Balaban J connectivity index is 2.16. The summed E-state index contributed by atoms with van der Waals surface area (Å²) in [5.41, 5.74) is 1.62. The number of hydrogen-bond acceptors (Lipinski definition) is 4. The van der Waals surface area contributed by atoms with Crippen LogP contribution in [0.15, 0.2) is 36.0 Å². The van der Waals surface area contributed by atoms with E-state index in [-0.39, 0.29) is 13.2 Å². The molecule has 0 radical (unpaired) electrons. The Morgan fingerprint density at radius 1 is 1.40 bits per heavy atom. The molecule has 1 heterocycles. The number of nitrogens with zero attached hydrogens (tertiary/aromatic N) is 1. The van der Waals surface area contributed by atoms with Crippen LogP contribution >= 0.6 is 0 Å². The van der Waals surface area contributed by atoms with Gasteiger partial charge in [-0.2, -0.15) is 0 Å². The summed E-state index contributed by atoms with van der Waals surface area (Å²) in [5.74, 6) is 1.08. The van der Waals surface area contributed by atoms with Gasteiger partial charge in [-0.25, -0.2) is 0 Å². The molecule has 4 nitrogen and oxygen atoms in total. The number of aliphatic hydroxyl groups is 1. The first-order chi connectivity index (χ1) is 7.33. The molecule has 15 heavy (non-hydrogen) atoms. The van der Waals surface area contributed by atoms with Gasteiger partial charge in [0.1, 0.15) is 12.4 Å². The summed E-state index contributed by atoms with van der Waals surface area (Å²) in [6.45, 7) is 3.93. The summed E-state index contributed by atoms with van der Waals surface area (Å²) >= 11 is 0. The maximum Gasteiger partial charge on any atom is 0.263 e. The normalized spacial score (nSPS) is 16.3. The average Bonchev–Trinajstić information content (AvgIpc) is 2.57. The highest BCUT2D eigenvalue weighted by Crippen LogP contribution is 2.33. The number of oxime groups is 1. The molecule has 0 atom stereocenters. The van der Waals surface area contributed by atoms with Gasteiger partial charge >= 0.3 is 0 Å². The second kappa shape index (κ2) is 4.14. The van der Waals surface area contributed by atoms with Crippen LogP contribution in [0, 0.1) is 0 Å². The van der Waals surface area contributed by atoms with Crippen LogP contribution in [0.5, 0.6) is 5.75 Å². The molecule has 0 unspecified atom stereocenters. The molecular formula is C11H11NO3. The Labute approximate surface area is 87.4 Å². The highest BCUT2D eigenvalue weighted by molar-refractivity contribution is 6.23. The number of aliphatic hydroxyl groups excluding tert-OH is 1. The van der Waals surface area contributed by atoms with Crippen molar-refractivity contribution in [3.63, 3.8) is 0 Å². The van der Waals surface area contributed by atoms with Gasteiger partial charge in [-0.15, -0.1) is 0 Å². The first-order valence-electron chi connectivity index (χ1n) is 4.60. The number of fused-ring (bicyclic) bond motifs is 1. The quantitative estimate of drug-likeness (QED) is 0.599. The minimum Gasteiger partial charge on any atom is -0.435 e. The molecule has 4 heteroatoms. The third kappa shape index (κ3) is 1.85. The van der Waals surface area contributed by atoms with E-state index >= 15 is 0 Å². The van der Waals surface area contributed by atoms with Crippen molar-refractivity contribution < 1.29 is 14.7 Å². The molecule has 0 fully saturated rings. The molecule has 1 aromatic carbocycles. The fourth-order valence-electron chi connectivity index (χ4n) is 1.30. The summed E-state index contributed by atoms with van der Waals surface area (Å²) in [4.78, 5) is 4.82. The lowest BCUT2D eigenvalue weighted by molar-refractivity contribution is 0.0960. The molecule has 0 aliphatic carbocycles. The maximum absolute atomic E-state index is 8.52. The molecule has 78 valence electrons. The van der Waals surface area contributed by atoms with Crippen LogP contribution in [0.4, 0.5) is 0 Å². The number of ether oxygens (including phenoxy) is 1. The van der Waals surface area contributed by atoms with Crippen molar-refractivity contribution in [2.75, 3.05) is 13.2 Å². The third-order valence-electron chi connectivity index (χ3n) is 2.01. The van der Waals surface area contributed by atoms with Crippen LogP contribution in [0.3, 0.4) is 0 Å². The Bertz CT molecular complexity index is 412. The predicted octanol–water partition coefficient (Wildman–Crippen LogP) is 1.41. The van der Waals surface area contributed by atoms with Crippen LogP contribution < -0.4 is 4.74 Å². The lowest BCUT2D eigenvalue weighted by Gasteiger charge is -1.98. The first kappa shape index (κ1) is 9.73. The van der Waals surface area contributed by atoms with Crippen LogP contribution in [0.2, 0.25) is 0 Å². The number of hydrogen-bond donors (Lipinski definition) is 1. The van der Waals surface area contributed by atoms with Crippen molar-refractivity contribution in [2.24, 2.45) is 5.16 Å². The topological polar surface area (TPSA) is 51.0 Å². The second-order valence-corrected chi connectivity index (χ2v) is 3.03. The minimum atomic E-state index is -0.0732. The SMILES string of the molecule is C=C1/C(=N/OCCO)Oc2ccccc21. The van der Waals surface area contributed by atoms with Gasteiger partial charge in [0.25, 0.3) is 5.90 Å². The van der Waals surface area contributed by atoms with Crippen molar-refractivity contribution in [3.8, 4) is 5.75 Å². The summed E-state index contributed by atoms with van der Waals surface area (Å²) in [7, 11) is 0. The van der Waals surface area contributed by atoms with Gasteiger partial charge in [-0.1, -0.05) is 24.8 Å². The molecule has 0 saturated heterocycles. The number of para-hydroxylation sites is 1. The van der Waals surface area contributed by atoms with Crippen molar-refractivity contribution in [1.29, 1.82) is 0 Å². The molecule has 0 saturated carbocycles. The Morgan fingerprint density at radius 2 is 2.20 bits per heavy atom. The Hall–Kier alpha value is -1.81. The van der Waals surface area contributed by atoms with Crippen molar-refractivity contribution >= 4 is 11.5 Å². The van der Waals surface area contributed by atoms with Gasteiger partial charge in [-0.05, 0) is 11.2 Å². The van der Waals surface area contributed by atoms with Crippen molar-refractivity contribution in [1.82, 2.24) is 0 Å². The van der Waals surface area contributed by atoms with E-state index < -0.39 is 0 Å². The molecule has 0 spiro atoms. The lowest BCUT2D eigenvalue weighted by atomic mass is 10.1. The summed E-state index contributed by atoms with van der Waals surface area (Å²) in [6.07, 6.45) is 0. The molecule has 1 aliphatic rings. The smallest absolute Gasteiger partial charge is 0.263 e. The predicted molar refractivity (Wildman–Crippen MR) is 56.6 cm³/mol. The zero-order chi connectivity index (χ0) is 10.7. The van der Waals surface area contributed by atoms with E-state index in [1.54, 1.807) is 0 Å². The number of rotatable bonds is 3. The molecule has 2 rings (SSSR count). The zero-order valence-corrected chi connectivity index (χ0v) is 8.14. The van der Waals surface area contributed by atoms with E-state index in [4.69, 9.17) is 14.7 Å². The molecule has 0 amide bonds. The van der Waals surface area contributed by atoms with E-state index in [0.717, 1.165) is 11.3 Å². The Morgan fingerprint density at radius 3 is 2.93 bits per heavy atom. The lowest BCUT2D eigenvalue weighted by Crippen LogP contribution is -2.04. The van der Waals surface area contributed by atoms with Crippen molar-refractivity contribution in [2.45, 2.75) is 0 Å². The number of benzene rings is 1. The molecule has 0 bridgehead atoms. The second-order valence-electron chi connectivity index (χ2n) is 3.03. The average molecular weight is 205 g/mol. The maximum atomic E-state index is 8.52. The van der Waals surface area contributed by atoms with Crippen LogP contribution in [-0.2, 0) is 4.84 Å². The summed E-state index contributed by atoms with van der Waals surface area (Å²) in [6, 6.07) is 7.54. The third-order valence-corrected chi connectivity index (χ3v) is 2.01. The van der Waals surface area contributed by atoms with Gasteiger partial charge in [-0.3, -0.25) is 0 Å². The fraction of sp³-hybridized carbons (Fsp3) is 0.182. The summed E-state index contributed by atoms with van der Waals surface area (Å²) < 4.78 is 5.41. The van der Waals surface area contributed by atoms with E-state index in [1.165, 1.54) is 0 Å². The van der Waals surface area contributed by atoms with Gasteiger partial charge < -0.3 is 14.7 Å². The molecule has 1 aromatic rings. The molecular weight excluding hydrogens is 194 g/mol. The van der Waals surface area contributed by atoms with Crippen molar-refractivity contribution in [3.05, 3.63) is 36.4 Å². The largest absolute Gasteiger partial charge is 0.435 e. The summed E-state index contributed by atoms with van der Waals surface area (Å²) in [5, 5.41) is 12.3. The molecule has 1 N–H and O–H groups in total. The Kier molecular flexibility index (Phi) is 2.69. The zero-order valence-electron chi connectivity index (χ0n) is 8.14. The van der Waals surface area contributed by atoms with E-state index in [0.29, 0.717) is 11.5 Å². The molecule has 0 aromatic heterocycles. The standard InChI is InChI=1S/C11H11NO3/c1-8-9-4-2-3-5-10(9)15-11(8)12-14-7-6-13/h2-5,13H,1,6-7H2/b12-11-. The van der Waals surface area contributed by atoms with Crippen LogP contribution in [0.25, 0.3) is 5.57 Å². The monoisotopic (exact) mass is 205 g/mol. The van der Waals surface area contributed by atoms with E-state index in [1.807, 2.05) is 24.3 Å². The molecule has 1 aliphatic heterocycles. The van der Waals surface area contributed by atoms with Gasteiger partial charge in [0.05, 0.1) is 6.61 Å². The highest BCUT2D eigenvalue weighted by atomic mass is 16.7. The van der Waals surface area contributed by atoms with Gasteiger partial charge in [0.2, 0.25) is 0 Å². The highest BCUT2D eigenvalue weighted by Gasteiger charge is 2.23. The van der Waals surface area contributed by atoms with Crippen LogP contribution in [-0.4, -0.2) is 24.2 Å². The van der Waals surface area contributed by atoms with E-state index in [2.05, 4.69) is 11.7 Å². The first-order valence-corrected chi connectivity index (χ1v) is 4.60. The van der Waals surface area contributed by atoms with E-state index in [9.17, 15) is 0 Å². The van der Waals surface area contributed by atoms with Crippen LogP contribution in [0.1, 0.15) is 5.56 Å². The fourth-order valence-corrected chi connectivity index (χ4v) is 1.30. The van der Waals surface area contributed by atoms with Gasteiger partial charge in [0, 0.05) is 11.1 Å².